The summed E-state index contributed by atoms with van der Waals surface area (Å²) in [5, 5.41) is 12.5. The van der Waals surface area contributed by atoms with E-state index < -0.39 is 0 Å². The van der Waals surface area contributed by atoms with Crippen molar-refractivity contribution in [2.45, 2.75) is 51.0 Å². The van der Waals surface area contributed by atoms with E-state index in [9.17, 15) is 0 Å². The Labute approximate surface area is 113 Å². The van der Waals surface area contributed by atoms with Gasteiger partial charge in [0, 0.05) is 5.54 Å². The fraction of sp³-hybridized carbons (Fsp3) is 0.733. The average Bonchev–Trinajstić information content (AvgIpc) is 2.66. The van der Waals surface area contributed by atoms with Gasteiger partial charge in [-0.15, -0.1) is 0 Å². The summed E-state index contributed by atoms with van der Waals surface area (Å²) >= 11 is 0. The molecule has 4 nitrogen and oxygen atoms in total. The van der Waals surface area contributed by atoms with Gasteiger partial charge in [0.1, 0.15) is 11.8 Å². The smallest absolute Gasteiger partial charge is 0.296 e. The predicted octanol–water partition coefficient (Wildman–Crippen LogP) is 3.24. The maximum absolute atomic E-state index is 8.96. The van der Waals surface area contributed by atoms with Crippen LogP contribution in [0.5, 0.6) is 0 Å². The Hall–Kier alpha value is -1.50. The zero-order valence-electron chi connectivity index (χ0n) is 11.3. The lowest BCUT2D eigenvalue weighted by molar-refractivity contribution is 0.00960. The molecule has 100 valence electrons. The second kappa shape index (κ2) is 3.75. The molecule has 0 atom stereocenters. The van der Waals surface area contributed by atoms with Crippen LogP contribution in [-0.2, 0) is 0 Å². The van der Waals surface area contributed by atoms with Crippen LogP contribution in [0, 0.1) is 36.0 Å². The molecule has 1 aromatic rings. The zero-order chi connectivity index (χ0) is 13.0. The summed E-state index contributed by atoms with van der Waals surface area (Å²) in [6, 6.07) is 2.63. The highest BCUT2D eigenvalue weighted by molar-refractivity contribution is 5.35. The number of nitrogens with one attached hydrogen (secondary N) is 1. The van der Waals surface area contributed by atoms with Gasteiger partial charge in [0.15, 0.2) is 5.69 Å². The summed E-state index contributed by atoms with van der Waals surface area (Å²) in [6.45, 7) is 1.80. The third-order valence-corrected chi connectivity index (χ3v) is 5.31. The highest BCUT2D eigenvalue weighted by Crippen LogP contribution is 2.56. The van der Waals surface area contributed by atoms with Crippen LogP contribution < -0.4 is 5.32 Å². The van der Waals surface area contributed by atoms with Gasteiger partial charge < -0.3 is 9.73 Å². The van der Waals surface area contributed by atoms with E-state index in [1.807, 2.05) is 0 Å². The molecule has 4 saturated carbocycles. The van der Waals surface area contributed by atoms with Gasteiger partial charge in [0.05, 0.1) is 0 Å². The molecule has 0 saturated heterocycles. The number of anilines is 1. The molecule has 4 bridgehead atoms. The van der Waals surface area contributed by atoms with Crippen LogP contribution in [0.1, 0.15) is 50.0 Å². The first kappa shape index (κ1) is 11.3. The minimum Gasteiger partial charge on any atom is -0.428 e. The maximum Gasteiger partial charge on any atom is 0.296 e. The fourth-order valence-corrected chi connectivity index (χ4v) is 5.04. The van der Waals surface area contributed by atoms with Crippen molar-refractivity contribution in [3.8, 4) is 6.07 Å². The summed E-state index contributed by atoms with van der Waals surface area (Å²) < 4.78 is 5.60. The molecule has 0 aromatic carbocycles. The SMILES string of the molecule is Cc1oc(NC23CC4CC(CC(C4)C2)C3)nc1C#N. The lowest BCUT2D eigenvalue weighted by atomic mass is 9.53. The minimum atomic E-state index is 0.193. The van der Waals surface area contributed by atoms with E-state index in [1.54, 1.807) is 6.92 Å². The quantitative estimate of drug-likeness (QED) is 0.883. The van der Waals surface area contributed by atoms with E-state index in [0.29, 0.717) is 17.5 Å². The van der Waals surface area contributed by atoms with Gasteiger partial charge in [-0.3, -0.25) is 0 Å². The average molecular weight is 257 g/mol. The van der Waals surface area contributed by atoms with Gasteiger partial charge in [0.25, 0.3) is 6.01 Å². The van der Waals surface area contributed by atoms with E-state index in [4.69, 9.17) is 9.68 Å². The molecule has 0 aliphatic heterocycles. The lowest BCUT2D eigenvalue weighted by Gasteiger charge is -2.56. The molecule has 0 radical (unpaired) electrons. The number of nitriles is 1. The molecule has 0 amide bonds. The second-order valence-electron chi connectivity index (χ2n) is 6.86. The Balaban J connectivity index is 1.60. The molecular formula is C15H19N3O. The second-order valence-corrected chi connectivity index (χ2v) is 6.86. The van der Waals surface area contributed by atoms with Crippen LogP contribution in [-0.4, -0.2) is 10.5 Å². The minimum absolute atomic E-state index is 0.193. The Morgan fingerprint density at radius 2 is 1.79 bits per heavy atom. The van der Waals surface area contributed by atoms with Crippen molar-refractivity contribution < 1.29 is 4.42 Å². The van der Waals surface area contributed by atoms with Gasteiger partial charge in [-0.05, 0) is 63.2 Å². The summed E-state index contributed by atoms with van der Waals surface area (Å²) in [6.07, 6.45) is 8.03. The van der Waals surface area contributed by atoms with E-state index in [1.165, 1.54) is 38.5 Å². The molecule has 1 aromatic heterocycles. The first-order valence-electron chi connectivity index (χ1n) is 7.31. The largest absolute Gasteiger partial charge is 0.428 e. The molecule has 19 heavy (non-hydrogen) atoms. The summed E-state index contributed by atoms with van der Waals surface area (Å²) in [5.74, 6) is 3.30. The molecule has 4 aliphatic carbocycles. The number of aryl methyl sites for hydroxylation is 1. The van der Waals surface area contributed by atoms with Crippen LogP contribution >= 0.6 is 0 Å². The first-order valence-corrected chi connectivity index (χ1v) is 7.31. The van der Waals surface area contributed by atoms with Crippen LogP contribution in [0.4, 0.5) is 6.01 Å². The van der Waals surface area contributed by atoms with E-state index in [-0.39, 0.29) is 5.54 Å². The Bertz CT molecular complexity index is 519. The number of hydrogen-bond donors (Lipinski definition) is 1. The van der Waals surface area contributed by atoms with Crippen molar-refractivity contribution in [2.24, 2.45) is 17.8 Å². The van der Waals surface area contributed by atoms with E-state index >= 15 is 0 Å². The predicted molar refractivity (Wildman–Crippen MR) is 70.5 cm³/mol. The van der Waals surface area contributed by atoms with Gasteiger partial charge in [0.2, 0.25) is 0 Å². The molecule has 4 aliphatic rings. The first-order chi connectivity index (χ1) is 9.16. The van der Waals surface area contributed by atoms with Crippen molar-refractivity contribution in [3.63, 3.8) is 0 Å². The summed E-state index contributed by atoms with van der Waals surface area (Å²) in [7, 11) is 0. The van der Waals surface area contributed by atoms with E-state index in [0.717, 1.165) is 17.8 Å². The van der Waals surface area contributed by atoms with Gasteiger partial charge in [-0.2, -0.15) is 10.2 Å². The van der Waals surface area contributed by atoms with Crippen molar-refractivity contribution in [2.75, 3.05) is 5.32 Å². The normalized spacial score (nSPS) is 39.3. The third-order valence-electron chi connectivity index (χ3n) is 5.31. The Morgan fingerprint density at radius 1 is 1.21 bits per heavy atom. The van der Waals surface area contributed by atoms with Gasteiger partial charge in [-0.25, -0.2) is 0 Å². The maximum atomic E-state index is 8.96. The van der Waals surface area contributed by atoms with Crippen LogP contribution in [0.3, 0.4) is 0 Å². The van der Waals surface area contributed by atoms with Crippen molar-refractivity contribution in [3.05, 3.63) is 11.5 Å². The Kier molecular flexibility index (Phi) is 2.24. The molecule has 4 heteroatoms. The van der Waals surface area contributed by atoms with Crippen LogP contribution in [0.2, 0.25) is 0 Å². The molecule has 1 N–H and O–H groups in total. The zero-order valence-corrected chi connectivity index (χ0v) is 11.3. The van der Waals surface area contributed by atoms with Crippen molar-refractivity contribution in [1.29, 1.82) is 5.26 Å². The lowest BCUT2D eigenvalue weighted by Crippen LogP contribution is -2.54. The van der Waals surface area contributed by atoms with Crippen LogP contribution in [0.25, 0.3) is 0 Å². The van der Waals surface area contributed by atoms with Crippen molar-refractivity contribution >= 4 is 6.01 Å². The number of aromatic nitrogens is 1. The highest BCUT2D eigenvalue weighted by Gasteiger charge is 2.51. The molecule has 0 unspecified atom stereocenters. The van der Waals surface area contributed by atoms with Crippen molar-refractivity contribution in [1.82, 2.24) is 4.98 Å². The standard InChI is InChI=1S/C15H19N3O/c1-9-13(8-16)17-14(19-9)18-15-5-10-2-11(6-15)4-12(3-10)7-15/h10-12H,2-7H2,1H3,(H,17,18). The van der Waals surface area contributed by atoms with Gasteiger partial charge >= 0.3 is 0 Å². The van der Waals surface area contributed by atoms with Crippen LogP contribution in [0.15, 0.2) is 4.42 Å². The topological polar surface area (TPSA) is 61.9 Å². The number of rotatable bonds is 2. The fourth-order valence-electron chi connectivity index (χ4n) is 5.04. The molecule has 1 heterocycles. The monoisotopic (exact) mass is 257 g/mol. The number of hydrogen-bond acceptors (Lipinski definition) is 4. The molecule has 5 rings (SSSR count). The third kappa shape index (κ3) is 1.75. The summed E-state index contributed by atoms with van der Waals surface area (Å²) in [4.78, 5) is 4.27. The van der Waals surface area contributed by atoms with Gasteiger partial charge in [-0.1, -0.05) is 0 Å². The summed E-state index contributed by atoms with van der Waals surface area (Å²) in [5.41, 5.74) is 0.603. The molecule has 4 fully saturated rings. The Morgan fingerprint density at radius 3 is 2.26 bits per heavy atom. The van der Waals surface area contributed by atoms with E-state index in [2.05, 4.69) is 16.4 Å². The number of nitrogens with zero attached hydrogens (tertiary/aromatic N) is 2. The molecular weight excluding hydrogens is 238 g/mol. The molecule has 0 spiro atoms. The highest BCUT2D eigenvalue weighted by atomic mass is 16.4. The number of oxazole rings is 1.